The molecule has 2 amide bonds. The van der Waals surface area contributed by atoms with E-state index >= 15 is 0 Å². The fourth-order valence-corrected chi connectivity index (χ4v) is 8.61. The highest BCUT2D eigenvalue weighted by molar-refractivity contribution is 6.03. The van der Waals surface area contributed by atoms with E-state index in [0.29, 0.717) is 55.5 Å². The predicted octanol–water partition coefficient (Wildman–Crippen LogP) is 6.48. The van der Waals surface area contributed by atoms with E-state index in [-0.39, 0.29) is 56.9 Å². The largest absolute Gasteiger partial charge is 0.490 e. The van der Waals surface area contributed by atoms with Gasteiger partial charge in [-0.2, -0.15) is 0 Å². The molecule has 2 aromatic rings. The van der Waals surface area contributed by atoms with Crippen LogP contribution in [-0.2, 0) is 16.1 Å². The molecule has 0 spiro atoms. The smallest absolute Gasteiger partial charge is 0.317 e. The van der Waals surface area contributed by atoms with Crippen LogP contribution in [0.5, 0.6) is 23.0 Å². The van der Waals surface area contributed by atoms with E-state index in [1.54, 1.807) is 24.1 Å². The van der Waals surface area contributed by atoms with Crippen molar-refractivity contribution in [2.75, 3.05) is 46.9 Å². The Labute approximate surface area is 318 Å². The molecule has 54 heavy (non-hydrogen) atoms. The standard InChI is InChI=1S/C42H55N3O9/c1-5-20-49-30-15-17-35-33(24-30)39-31(13-9-11-19-47)29(12-8-10-18-46)23-32-34(44-53-7-3)25-38(42(54-35,40(32)39)52-21-6-2)45(4)41(48)43-26-28-14-16-36-37(22-28)51-27-50-36/h5-6,14-17,22-24,29,31,38-40,46-47H,1-2,7-13,18-21,25-27H2,3-4H3,(H,43,48)/t29-,31+,38-,39+,40+,42+/m0/s1. The van der Waals surface area contributed by atoms with E-state index in [0.717, 1.165) is 48.1 Å². The average molecular weight is 746 g/mol. The molecule has 2 aliphatic carbocycles. The molecule has 0 unspecified atom stereocenters. The summed E-state index contributed by atoms with van der Waals surface area (Å²) in [5.41, 5.74) is 3.60. The third-order valence-corrected chi connectivity index (χ3v) is 11.0. The predicted molar refractivity (Wildman–Crippen MR) is 205 cm³/mol. The van der Waals surface area contributed by atoms with Gasteiger partial charge < -0.3 is 49.0 Å². The van der Waals surface area contributed by atoms with E-state index < -0.39 is 17.7 Å². The molecular formula is C42H55N3O9. The molecule has 6 rings (SSSR count). The summed E-state index contributed by atoms with van der Waals surface area (Å²) in [6.45, 7) is 11.3. The maximum Gasteiger partial charge on any atom is 0.317 e. The number of hydrogen-bond donors (Lipinski definition) is 3. The number of nitrogens with one attached hydrogen (secondary N) is 1. The van der Waals surface area contributed by atoms with Gasteiger partial charge in [-0.05, 0) is 85.9 Å². The van der Waals surface area contributed by atoms with Crippen LogP contribution in [0.15, 0.2) is 78.5 Å². The fraction of sp³-hybridized carbons (Fsp3) is 0.524. The van der Waals surface area contributed by atoms with Crippen molar-refractivity contribution in [2.45, 2.75) is 76.2 Å². The third-order valence-electron chi connectivity index (χ3n) is 11.0. The summed E-state index contributed by atoms with van der Waals surface area (Å²) in [4.78, 5) is 21.7. The van der Waals surface area contributed by atoms with E-state index in [9.17, 15) is 15.0 Å². The van der Waals surface area contributed by atoms with Gasteiger partial charge >= 0.3 is 6.03 Å². The molecular weight excluding hydrogens is 690 g/mol. The van der Waals surface area contributed by atoms with Crippen molar-refractivity contribution in [3.63, 3.8) is 0 Å². The van der Waals surface area contributed by atoms with Crippen LogP contribution in [0.3, 0.4) is 0 Å². The lowest BCUT2D eigenvalue weighted by Crippen LogP contribution is -2.70. The molecule has 6 atom stereocenters. The number of fused-ring (bicyclic) bond motifs is 3. The number of oxime groups is 1. The zero-order valence-corrected chi connectivity index (χ0v) is 31.5. The molecule has 292 valence electrons. The Kier molecular flexibility index (Phi) is 13.2. The number of likely N-dealkylation sites (N-methyl/N-ethyl adjacent to an activating group) is 1. The van der Waals surface area contributed by atoms with Gasteiger partial charge in [0.1, 0.15) is 30.8 Å². The number of ether oxygens (including phenoxy) is 5. The first-order chi connectivity index (χ1) is 26.4. The Bertz CT molecular complexity index is 1690. The zero-order valence-electron chi connectivity index (χ0n) is 31.5. The molecule has 0 saturated heterocycles. The number of allylic oxidation sites excluding steroid dienone is 1. The van der Waals surface area contributed by atoms with Crippen molar-refractivity contribution in [3.8, 4) is 23.0 Å². The second-order valence-corrected chi connectivity index (χ2v) is 14.2. The van der Waals surface area contributed by atoms with Crippen LogP contribution in [0.2, 0.25) is 0 Å². The number of urea groups is 1. The van der Waals surface area contributed by atoms with Crippen LogP contribution in [0.4, 0.5) is 4.79 Å². The molecule has 12 nitrogen and oxygen atoms in total. The first kappa shape index (κ1) is 39.2. The van der Waals surface area contributed by atoms with Crippen molar-refractivity contribution in [1.29, 1.82) is 0 Å². The van der Waals surface area contributed by atoms with Crippen LogP contribution in [-0.4, -0.2) is 85.6 Å². The van der Waals surface area contributed by atoms with Crippen LogP contribution in [0.1, 0.15) is 68.9 Å². The number of amides is 2. The summed E-state index contributed by atoms with van der Waals surface area (Å²) in [7, 11) is 1.77. The van der Waals surface area contributed by atoms with Crippen molar-refractivity contribution in [1.82, 2.24) is 10.2 Å². The summed E-state index contributed by atoms with van der Waals surface area (Å²) < 4.78 is 31.2. The van der Waals surface area contributed by atoms with E-state index in [1.165, 1.54) is 0 Å². The number of aliphatic hydroxyl groups excluding tert-OH is 2. The van der Waals surface area contributed by atoms with E-state index in [2.05, 4.69) is 30.6 Å². The minimum atomic E-state index is -1.33. The number of benzene rings is 2. The lowest BCUT2D eigenvalue weighted by Gasteiger charge is -2.59. The molecule has 0 bridgehead atoms. The van der Waals surface area contributed by atoms with Gasteiger partial charge in [0, 0.05) is 44.7 Å². The zero-order chi connectivity index (χ0) is 38.1. The highest BCUT2D eigenvalue weighted by Gasteiger charge is 2.65. The van der Waals surface area contributed by atoms with E-state index in [1.807, 2.05) is 37.3 Å². The third kappa shape index (κ3) is 8.11. The minimum absolute atomic E-state index is 0.113. The molecule has 2 aliphatic heterocycles. The highest BCUT2D eigenvalue weighted by Crippen LogP contribution is 2.61. The SMILES string of the molecule is C=CCOc1ccc2c(c1)[C@H]1[C@H](CCCCO)[C@@H](CCCCO)C=C3C(=NOCC)C[C@H](N(C)C(=O)NCc4ccc5c(c4)OCO5)[C@@](OCC=C)(O2)[C@H]31. The van der Waals surface area contributed by atoms with Gasteiger partial charge in [-0.15, -0.1) is 6.58 Å². The van der Waals surface area contributed by atoms with Gasteiger partial charge in [0.2, 0.25) is 12.6 Å². The van der Waals surface area contributed by atoms with Crippen molar-refractivity contribution >= 4 is 11.7 Å². The van der Waals surface area contributed by atoms with E-state index in [4.69, 9.17) is 33.7 Å². The number of carbonyl (C=O) groups excluding carboxylic acids is 1. The molecule has 2 heterocycles. The maximum atomic E-state index is 14.2. The van der Waals surface area contributed by atoms with Gasteiger partial charge in [-0.25, -0.2) is 4.79 Å². The minimum Gasteiger partial charge on any atom is -0.490 e. The number of aliphatic hydroxyl groups is 2. The van der Waals surface area contributed by atoms with Crippen LogP contribution < -0.4 is 24.3 Å². The van der Waals surface area contributed by atoms with Gasteiger partial charge in [0.15, 0.2) is 11.5 Å². The molecule has 4 aliphatic rings. The second-order valence-electron chi connectivity index (χ2n) is 14.2. The van der Waals surface area contributed by atoms with Crippen LogP contribution >= 0.6 is 0 Å². The number of carbonyl (C=O) groups is 1. The Morgan fingerprint density at radius 1 is 1.02 bits per heavy atom. The lowest BCUT2D eigenvalue weighted by atomic mass is 9.55. The topological polar surface area (TPSA) is 141 Å². The Morgan fingerprint density at radius 3 is 2.54 bits per heavy atom. The first-order valence-electron chi connectivity index (χ1n) is 19.2. The Balaban J connectivity index is 1.46. The number of hydrogen-bond acceptors (Lipinski definition) is 10. The lowest BCUT2D eigenvalue weighted by molar-refractivity contribution is -0.252. The fourth-order valence-electron chi connectivity index (χ4n) is 8.61. The van der Waals surface area contributed by atoms with Gasteiger partial charge in [0.05, 0.1) is 18.2 Å². The van der Waals surface area contributed by atoms with Gasteiger partial charge in [-0.3, -0.25) is 0 Å². The normalized spacial score (nSPS) is 25.4. The number of unbranched alkanes of at least 4 members (excludes halogenated alkanes) is 2. The molecule has 2 aromatic carbocycles. The Morgan fingerprint density at radius 2 is 1.78 bits per heavy atom. The second kappa shape index (κ2) is 18.2. The Hall–Kier alpha value is -4.52. The summed E-state index contributed by atoms with van der Waals surface area (Å²) >= 11 is 0. The van der Waals surface area contributed by atoms with Crippen molar-refractivity contribution in [3.05, 3.63) is 84.5 Å². The molecule has 12 heteroatoms. The molecule has 3 N–H and O–H groups in total. The molecule has 1 saturated carbocycles. The quantitative estimate of drug-likeness (QED) is 0.0838. The number of nitrogens with zero attached hydrogens (tertiary/aromatic N) is 2. The maximum absolute atomic E-state index is 14.2. The van der Waals surface area contributed by atoms with Crippen molar-refractivity contribution < 1.29 is 43.5 Å². The highest BCUT2D eigenvalue weighted by atomic mass is 16.7. The first-order valence-corrected chi connectivity index (χ1v) is 19.2. The molecule has 0 radical (unpaired) electrons. The van der Waals surface area contributed by atoms with Crippen LogP contribution in [0.25, 0.3) is 0 Å². The van der Waals surface area contributed by atoms with Crippen LogP contribution in [0, 0.1) is 17.8 Å². The summed E-state index contributed by atoms with van der Waals surface area (Å²) in [6.07, 6.45) is 10.9. The molecule has 1 fully saturated rings. The average Bonchev–Trinajstić information content (AvgIpc) is 3.66. The monoisotopic (exact) mass is 745 g/mol. The van der Waals surface area contributed by atoms with Gasteiger partial charge in [0.25, 0.3) is 0 Å². The summed E-state index contributed by atoms with van der Waals surface area (Å²) in [5.74, 6) is 1.09. The van der Waals surface area contributed by atoms with Crippen molar-refractivity contribution in [2.24, 2.45) is 22.9 Å². The summed E-state index contributed by atoms with van der Waals surface area (Å²) in [5, 5.41) is 27.4. The van der Waals surface area contributed by atoms with Gasteiger partial charge in [-0.1, -0.05) is 48.9 Å². The summed E-state index contributed by atoms with van der Waals surface area (Å²) in [6, 6.07) is 10.6. The molecule has 0 aromatic heterocycles. The number of rotatable bonds is 19.